The van der Waals surface area contributed by atoms with E-state index in [-0.39, 0.29) is 5.57 Å². The normalized spacial score (nSPS) is 17.9. The molecule has 2 atom stereocenters. The summed E-state index contributed by atoms with van der Waals surface area (Å²) in [5, 5.41) is 13.6. The minimum Gasteiger partial charge on any atom is -0.468 e. The first-order valence-corrected chi connectivity index (χ1v) is 10.8. The number of allylic oxidation sites excluding steroid dienone is 1. The Balaban J connectivity index is 2.01. The van der Waals surface area contributed by atoms with Gasteiger partial charge < -0.3 is 14.8 Å². The Bertz CT molecular complexity index is 1110. The van der Waals surface area contributed by atoms with Gasteiger partial charge in [-0.1, -0.05) is 35.9 Å². The number of nitrogens with one attached hydrogen (secondary N) is 1. The third-order valence-electron chi connectivity index (χ3n) is 4.97. The van der Waals surface area contributed by atoms with Crippen LogP contribution >= 0.6 is 23.4 Å². The average molecular weight is 471 g/mol. The van der Waals surface area contributed by atoms with Crippen molar-refractivity contribution in [1.82, 2.24) is 5.32 Å². The molecule has 1 aliphatic heterocycles. The average Bonchev–Trinajstić information content (AvgIpc) is 2.82. The number of carbonyl (C=O) groups is 3. The van der Waals surface area contributed by atoms with Gasteiger partial charge in [-0.2, -0.15) is 5.26 Å². The summed E-state index contributed by atoms with van der Waals surface area (Å²) in [6.45, 7) is 0. The van der Waals surface area contributed by atoms with Gasteiger partial charge in [-0.05, 0) is 35.4 Å². The van der Waals surface area contributed by atoms with E-state index in [1.165, 1.54) is 38.1 Å². The maximum atomic E-state index is 12.9. The van der Waals surface area contributed by atoms with Crippen LogP contribution in [-0.2, 0) is 24.8 Å². The van der Waals surface area contributed by atoms with Crippen molar-refractivity contribution < 1.29 is 23.9 Å². The second-order valence-electron chi connectivity index (χ2n) is 6.85. The summed E-state index contributed by atoms with van der Waals surface area (Å²) < 4.78 is 9.54. The summed E-state index contributed by atoms with van der Waals surface area (Å²) in [5.41, 5.74) is 2.03. The zero-order valence-electron chi connectivity index (χ0n) is 17.3. The fourth-order valence-electron chi connectivity index (χ4n) is 3.36. The highest BCUT2D eigenvalue weighted by molar-refractivity contribution is 8.02. The second-order valence-corrected chi connectivity index (χ2v) is 8.27. The van der Waals surface area contributed by atoms with Gasteiger partial charge in [0.15, 0.2) is 0 Å². The molecule has 2 aromatic carbocycles. The maximum Gasteiger partial charge on any atom is 0.337 e. The summed E-state index contributed by atoms with van der Waals surface area (Å²) >= 11 is 7.20. The summed E-state index contributed by atoms with van der Waals surface area (Å²) in [4.78, 5) is 37.1. The number of amides is 1. The minimum absolute atomic E-state index is 0.241. The largest absolute Gasteiger partial charge is 0.468 e. The first-order valence-electron chi connectivity index (χ1n) is 9.48. The van der Waals surface area contributed by atoms with E-state index >= 15 is 0 Å². The molecule has 0 saturated carbocycles. The van der Waals surface area contributed by atoms with Crippen molar-refractivity contribution in [2.24, 2.45) is 5.92 Å². The van der Waals surface area contributed by atoms with E-state index in [0.29, 0.717) is 26.9 Å². The lowest BCUT2D eigenvalue weighted by molar-refractivity contribution is -0.150. The molecule has 1 N–H and O–H groups in total. The number of nitriles is 1. The molecular formula is C23H19ClN2O5S. The highest BCUT2D eigenvalue weighted by Crippen LogP contribution is 2.40. The Hall–Kier alpha value is -3.28. The number of esters is 2. The van der Waals surface area contributed by atoms with E-state index in [2.05, 4.69) is 11.4 Å². The number of hydrogen-bond acceptors (Lipinski definition) is 7. The standard InChI is InChI=1S/C23H19ClN2O5S/c1-30-22(28)15-7-5-14(6-8-15)18-17(11-25)21(26-20(27)19(18)23(29)31-2)32-12-13-3-9-16(24)10-4-13/h3-10,18-19H,12H2,1-2H3,(H,26,27)/t18-,19-/m0/s1. The Morgan fingerprint density at radius 2 is 1.75 bits per heavy atom. The van der Waals surface area contributed by atoms with Crippen LogP contribution in [0.2, 0.25) is 5.02 Å². The molecule has 32 heavy (non-hydrogen) atoms. The van der Waals surface area contributed by atoms with Crippen LogP contribution in [0.4, 0.5) is 0 Å². The highest BCUT2D eigenvalue weighted by atomic mass is 35.5. The van der Waals surface area contributed by atoms with Gasteiger partial charge in [0, 0.05) is 16.7 Å². The van der Waals surface area contributed by atoms with Crippen LogP contribution in [0, 0.1) is 17.2 Å². The molecule has 2 aromatic rings. The van der Waals surface area contributed by atoms with Gasteiger partial charge in [-0.3, -0.25) is 9.59 Å². The van der Waals surface area contributed by atoms with Crippen molar-refractivity contribution in [3.63, 3.8) is 0 Å². The van der Waals surface area contributed by atoms with Gasteiger partial charge in [0.1, 0.15) is 5.92 Å². The quantitative estimate of drug-likeness (QED) is 0.505. The van der Waals surface area contributed by atoms with Crippen molar-refractivity contribution in [2.75, 3.05) is 14.2 Å². The monoisotopic (exact) mass is 470 g/mol. The third-order valence-corrected chi connectivity index (χ3v) is 6.31. The van der Waals surface area contributed by atoms with Crippen LogP contribution in [0.1, 0.15) is 27.4 Å². The first kappa shape index (κ1) is 23.4. The molecule has 0 radical (unpaired) electrons. The van der Waals surface area contributed by atoms with Crippen LogP contribution in [0.3, 0.4) is 0 Å². The number of nitrogens with zero attached hydrogens (tertiary/aromatic N) is 1. The van der Waals surface area contributed by atoms with Gasteiger partial charge in [0.2, 0.25) is 5.91 Å². The van der Waals surface area contributed by atoms with Crippen molar-refractivity contribution in [3.05, 3.63) is 80.8 Å². The van der Waals surface area contributed by atoms with Crippen LogP contribution in [0.5, 0.6) is 0 Å². The van der Waals surface area contributed by atoms with E-state index in [4.69, 9.17) is 21.1 Å². The number of rotatable bonds is 6. The van der Waals surface area contributed by atoms with E-state index in [0.717, 1.165) is 5.56 Å². The van der Waals surface area contributed by atoms with E-state index in [9.17, 15) is 19.6 Å². The molecule has 164 valence electrons. The van der Waals surface area contributed by atoms with E-state index in [1.807, 2.05) is 12.1 Å². The molecule has 0 aliphatic carbocycles. The molecule has 1 heterocycles. The van der Waals surface area contributed by atoms with Gasteiger partial charge in [-0.25, -0.2) is 4.79 Å². The molecule has 7 nitrogen and oxygen atoms in total. The minimum atomic E-state index is -1.24. The van der Waals surface area contributed by atoms with Crippen LogP contribution < -0.4 is 5.32 Å². The number of halogens is 1. The Kier molecular flexibility index (Phi) is 7.57. The lowest BCUT2D eigenvalue weighted by atomic mass is 9.78. The number of benzene rings is 2. The predicted molar refractivity (Wildman–Crippen MR) is 120 cm³/mol. The van der Waals surface area contributed by atoms with E-state index < -0.39 is 29.7 Å². The van der Waals surface area contributed by atoms with Crippen LogP contribution in [-0.4, -0.2) is 32.1 Å². The van der Waals surface area contributed by atoms with Gasteiger partial charge in [0.05, 0.1) is 36.5 Å². The molecule has 3 rings (SSSR count). The van der Waals surface area contributed by atoms with Gasteiger partial charge in [-0.15, -0.1) is 11.8 Å². The molecule has 0 fully saturated rings. The van der Waals surface area contributed by atoms with Gasteiger partial charge >= 0.3 is 11.9 Å². The Morgan fingerprint density at radius 3 is 2.31 bits per heavy atom. The smallest absolute Gasteiger partial charge is 0.337 e. The Morgan fingerprint density at radius 1 is 1.09 bits per heavy atom. The van der Waals surface area contributed by atoms with Gasteiger partial charge in [0.25, 0.3) is 0 Å². The fourth-order valence-corrected chi connectivity index (χ4v) is 4.49. The number of methoxy groups -OCH3 is 2. The number of ether oxygens (including phenoxy) is 2. The fraction of sp³-hybridized carbons (Fsp3) is 0.217. The zero-order valence-corrected chi connectivity index (χ0v) is 18.8. The molecule has 1 aliphatic rings. The lowest BCUT2D eigenvalue weighted by Gasteiger charge is -2.31. The molecule has 1 amide bonds. The summed E-state index contributed by atoms with van der Waals surface area (Å²) in [6.07, 6.45) is 0. The van der Waals surface area contributed by atoms with E-state index in [1.54, 1.807) is 24.3 Å². The highest BCUT2D eigenvalue weighted by Gasteiger charge is 2.44. The second kappa shape index (κ2) is 10.4. The zero-order chi connectivity index (χ0) is 23.3. The summed E-state index contributed by atoms with van der Waals surface area (Å²) in [6, 6.07) is 15.6. The molecule has 0 unspecified atom stereocenters. The molecule has 0 saturated heterocycles. The van der Waals surface area contributed by atoms with Crippen LogP contribution in [0.15, 0.2) is 59.1 Å². The number of hydrogen-bond donors (Lipinski definition) is 1. The SMILES string of the molecule is COC(=O)c1ccc([C@H]2C(C#N)=C(SCc3ccc(Cl)cc3)NC(=O)[C@H]2C(=O)OC)cc1. The van der Waals surface area contributed by atoms with Crippen molar-refractivity contribution in [2.45, 2.75) is 11.7 Å². The molecule has 9 heteroatoms. The maximum absolute atomic E-state index is 12.9. The third kappa shape index (κ3) is 4.96. The summed E-state index contributed by atoms with van der Waals surface area (Å²) in [5.74, 6) is -3.44. The van der Waals surface area contributed by atoms with Crippen molar-refractivity contribution in [3.8, 4) is 6.07 Å². The Labute approximate surface area is 194 Å². The van der Waals surface area contributed by atoms with Crippen LogP contribution in [0.25, 0.3) is 0 Å². The molecule has 0 bridgehead atoms. The summed E-state index contributed by atoms with van der Waals surface area (Å²) in [7, 11) is 2.46. The van der Waals surface area contributed by atoms with Crippen molar-refractivity contribution >= 4 is 41.2 Å². The first-order chi connectivity index (χ1) is 15.4. The van der Waals surface area contributed by atoms with Crippen molar-refractivity contribution in [1.29, 1.82) is 5.26 Å². The lowest BCUT2D eigenvalue weighted by Crippen LogP contribution is -2.44. The predicted octanol–water partition coefficient (Wildman–Crippen LogP) is 3.80. The number of carbonyl (C=O) groups excluding carboxylic acids is 3. The molecule has 0 spiro atoms. The number of thioether (sulfide) groups is 1. The topological polar surface area (TPSA) is 105 Å². The molecule has 0 aromatic heterocycles. The molecular weight excluding hydrogens is 452 g/mol.